The molecule has 0 radical (unpaired) electrons. The van der Waals surface area contributed by atoms with Gasteiger partial charge in [-0.2, -0.15) is 0 Å². The number of nitrogens with zero attached hydrogens (tertiary/aromatic N) is 1. The molecule has 2 nitrogen and oxygen atoms in total. The van der Waals surface area contributed by atoms with Crippen molar-refractivity contribution in [1.29, 1.82) is 0 Å². The van der Waals surface area contributed by atoms with E-state index in [1.165, 1.54) is 11.1 Å². The number of aryl methyl sites for hydroxylation is 1. The molecule has 0 amide bonds. The highest BCUT2D eigenvalue weighted by molar-refractivity contribution is 6.35. The van der Waals surface area contributed by atoms with Gasteiger partial charge in [-0.15, -0.1) is 0 Å². The zero-order valence-corrected chi connectivity index (χ0v) is 12.5. The standard InChI is InChI=1S/C15H16Cl2N2/c1-10-9-19-6-5-13(10)15(18-2)7-11-3-4-12(16)8-14(11)17/h3-6,8-9,15,18H,7H2,1-2H3. The molecule has 0 aliphatic carbocycles. The van der Waals surface area contributed by atoms with Crippen LogP contribution >= 0.6 is 23.2 Å². The molecule has 19 heavy (non-hydrogen) atoms. The molecule has 100 valence electrons. The Morgan fingerprint density at radius 3 is 2.68 bits per heavy atom. The largest absolute Gasteiger partial charge is 0.313 e. The summed E-state index contributed by atoms with van der Waals surface area (Å²) in [4.78, 5) is 4.13. The number of rotatable bonds is 4. The molecule has 2 rings (SSSR count). The van der Waals surface area contributed by atoms with Crippen molar-refractivity contribution in [2.24, 2.45) is 0 Å². The van der Waals surface area contributed by atoms with Gasteiger partial charge >= 0.3 is 0 Å². The maximum absolute atomic E-state index is 6.23. The first kappa shape index (κ1) is 14.3. The lowest BCUT2D eigenvalue weighted by Crippen LogP contribution is -2.20. The van der Waals surface area contributed by atoms with Crippen LogP contribution in [0, 0.1) is 6.92 Å². The molecule has 1 aromatic carbocycles. The summed E-state index contributed by atoms with van der Waals surface area (Å²) in [6, 6.07) is 7.88. The zero-order valence-electron chi connectivity index (χ0n) is 11.0. The average Bonchev–Trinajstić information content (AvgIpc) is 2.39. The van der Waals surface area contributed by atoms with Crippen LogP contribution in [0.3, 0.4) is 0 Å². The summed E-state index contributed by atoms with van der Waals surface area (Å²) in [5, 5.41) is 4.70. The minimum Gasteiger partial charge on any atom is -0.313 e. The smallest absolute Gasteiger partial charge is 0.0453 e. The molecule has 0 saturated heterocycles. The van der Waals surface area contributed by atoms with Crippen LogP contribution in [-0.2, 0) is 6.42 Å². The highest BCUT2D eigenvalue weighted by Crippen LogP contribution is 2.27. The number of aromatic nitrogens is 1. The molecule has 1 aromatic heterocycles. The predicted molar refractivity (Wildman–Crippen MR) is 80.9 cm³/mol. The van der Waals surface area contributed by atoms with Crippen molar-refractivity contribution >= 4 is 23.2 Å². The van der Waals surface area contributed by atoms with E-state index < -0.39 is 0 Å². The van der Waals surface area contributed by atoms with E-state index >= 15 is 0 Å². The summed E-state index contributed by atoms with van der Waals surface area (Å²) in [7, 11) is 1.95. The molecule has 0 fully saturated rings. The Hall–Kier alpha value is -1.09. The second-order valence-corrected chi connectivity index (χ2v) is 5.36. The number of pyridine rings is 1. The van der Waals surface area contributed by atoms with Gasteiger partial charge in [0.2, 0.25) is 0 Å². The van der Waals surface area contributed by atoms with Crippen LogP contribution < -0.4 is 5.32 Å². The van der Waals surface area contributed by atoms with Crippen molar-refractivity contribution in [3.8, 4) is 0 Å². The molecule has 1 heterocycles. The summed E-state index contributed by atoms with van der Waals surface area (Å²) in [5.41, 5.74) is 3.50. The van der Waals surface area contributed by atoms with Crippen LogP contribution in [-0.4, -0.2) is 12.0 Å². The van der Waals surface area contributed by atoms with Gasteiger partial charge in [0.15, 0.2) is 0 Å². The first-order valence-electron chi connectivity index (χ1n) is 6.13. The number of hydrogen-bond donors (Lipinski definition) is 1. The van der Waals surface area contributed by atoms with E-state index in [0.29, 0.717) is 10.0 Å². The van der Waals surface area contributed by atoms with Gasteiger partial charge in [-0.25, -0.2) is 0 Å². The lowest BCUT2D eigenvalue weighted by atomic mass is 9.97. The van der Waals surface area contributed by atoms with E-state index in [0.717, 1.165) is 12.0 Å². The van der Waals surface area contributed by atoms with E-state index in [1.54, 1.807) is 6.07 Å². The molecular weight excluding hydrogens is 279 g/mol. The maximum Gasteiger partial charge on any atom is 0.0453 e. The van der Waals surface area contributed by atoms with E-state index in [9.17, 15) is 0 Å². The minimum absolute atomic E-state index is 0.210. The molecule has 0 spiro atoms. The van der Waals surface area contributed by atoms with Crippen molar-refractivity contribution in [2.75, 3.05) is 7.05 Å². The topological polar surface area (TPSA) is 24.9 Å². The monoisotopic (exact) mass is 294 g/mol. The maximum atomic E-state index is 6.23. The molecule has 4 heteroatoms. The molecular formula is C15H16Cl2N2. The summed E-state index contributed by atoms with van der Waals surface area (Å²) < 4.78 is 0. The van der Waals surface area contributed by atoms with E-state index in [4.69, 9.17) is 23.2 Å². The first-order valence-corrected chi connectivity index (χ1v) is 6.89. The molecule has 0 aliphatic heterocycles. The highest BCUT2D eigenvalue weighted by atomic mass is 35.5. The molecule has 1 N–H and O–H groups in total. The van der Waals surface area contributed by atoms with E-state index in [-0.39, 0.29) is 6.04 Å². The summed E-state index contributed by atoms with van der Waals surface area (Å²) >= 11 is 12.2. The highest BCUT2D eigenvalue weighted by Gasteiger charge is 2.14. The van der Waals surface area contributed by atoms with Gasteiger partial charge < -0.3 is 5.32 Å². The van der Waals surface area contributed by atoms with E-state index in [2.05, 4.69) is 17.2 Å². The van der Waals surface area contributed by atoms with Gasteiger partial charge in [0.25, 0.3) is 0 Å². The third-order valence-corrected chi connectivity index (χ3v) is 3.81. The predicted octanol–water partition coefficient (Wildman–Crippen LogP) is 4.20. The van der Waals surface area contributed by atoms with E-state index in [1.807, 2.05) is 37.6 Å². The Kier molecular flexibility index (Phi) is 4.81. The van der Waals surface area contributed by atoms with Gasteiger partial charge in [0.1, 0.15) is 0 Å². The summed E-state index contributed by atoms with van der Waals surface area (Å²) in [6.07, 6.45) is 4.51. The second kappa shape index (κ2) is 6.38. The minimum atomic E-state index is 0.210. The third-order valence-electron chi connectivity index (χ3n) is 3.23. The number of nitrogens with one attached hydrogen (secondary N) is 1. The Morgan fingerprint density at radius 1 is 1.26 bits per heavy atom. The first-order chi connectivity index (χ1) is 9.11. The normalized spacial score (nSPS) is 12.4. The van der Waals surface area contributed by atoms with Crippen molar-refractivity contribution < 1.29 is 0 Å². The molecule has 2 aromatic rings. The van der Waals surface area contributed by atoms with Crippen molar-refractivity contribution in [3.63, 3.8) is 0 Å². The Balaban J connectivity index is 2.27. The van der Waals surface area contributed by atoms with Gasteiger partial charge in [-0.05, 0) is 55.3 Å². The summed E-state index contributed by atoms with van der Waals surface area (Å²) in [5.74, 6) is 0. The quantitative estimate of drug-likeness (QED) is 0.914. The zero-order chi connectivity index (χ0) is 13.8. The second-order valence-electron chi connectivity index (χ2n) is 4.51. The molecule has 0 aliphatic rings. The lowest BCUT2D eigenvalue weighted by Gasteiger charge is -2.19. The summed E-state index contributed by atoms with van der Waals surface area (Å²) in [6.45, 7) is 2.07. The van der Waals surface area contributed by atoms with Gasteiger partial charge in [0.05, 0.1) is 0 Å². The van der Waals surface area contributed by atoms with Crippen LogP contribution in [0.2, 0.25) is 10.0 Å². The number of benzene rings is 1. The molecule has 1 atom stereocenters. The van der Waals surface area contributed by atoms with Crippen molar-refractivity contribution in [2.45, 2.75) is 19.4 Å². The Morgan fingerprint density at radius 2 is 2.05 bits per heavy atom. The fourth-order valence-electron chi connectivity index (χ4n) is 2.15. The lowest BCUT2D eigenvalue weighted by molar-refractivity contribution is 0.588. The Labute approximate surface area is 123 Å². The van der Waals surface area contributed by atoms with Crippen molar-refractivity contribution in [3.05, 3.63) is 63.4 Å². The fraction of sp³-hybridized carbons (Fsp3) is 0.267. The fourth-order valence-corrected chi connectivity index (χ4v) is 2.64. The van der Waals surface area contributed by atoms with Crippen LogP contribution in [0.15, 0.2) is 36.7 Å². The third kappa shape index (κ3) is 3.47. The van der Waals surface area contributed by atoms with Gasteiger partial charge in [-0.1, -0.05) is 29.3 Å². The number of hydrogen-bond acceptors (Lipinski definition) is 2. The number of likely N-dealkylation sites (N-methyl/N-ethyl adjacent to an activating group) is 1. The Bertz CT molecular complexity index is 570. The van der Waals surface area contributed by atoms with Crippen LogP contribution in [0.4, 0.5) is 0 Å². The number of halogens is 2. The average molecular weight is 295 g/mol. The molecule has 0 saturated carbocycles. The van der Waals surface area contributed by atoms with Crippen molar-refractivity contribution in [1.82, 2.24) is 10.3 Å². The SMILES string of the molecule is CNC(Cc1ccc(Cl)cc1Cl)c1ccncc1C. The molecule has 0 bridgehead atoms. The molecule has 1 unspecified atom stereocenters. The van der Waals surface area contributed by atoms with Crippen LogP contribution in [0.25, 0.3) is 0 Å². The van der Waals surface area contributed by atoms with Gasteiger partial charge in [-0.3, -0.25) is 4.98 Å². The van der Waals surface area contributed by atoms with Crippen LogP contribution in [0.5, 0.6) is 0 Å². The van der Waals surface area contributed by atoms with Crippen LogP contribution in [0.1, 0.15) is 22.7 Å². The van der Waals surface area contributed by atoms with Gasteiger partial charge in [0, 0.05) is 28.5 Å².